The molecule has 0 aromatic heterocycles. The van der Waals surface area contributed by atoms with E-state index in [1.54, 1.807) is 0 Å². The highest BCUT2D eigenvalue weighted by Crippen LogP contribution is 2.13. The highest BCUT2D eigenvalue weighted by molar-refractivity contribution is 4.95. The van der Waals surface area contributed by atoms with Gasteiger partial charge in [-0.25, -0.2) is 0 Å². The predicted octanol–water partition coefficient (Wildman–Crippen LogP) is 3.02. The van der Waals surface area contributed by atoms with Crippen molar-refractivity contribution in [1.82, 2.24) is 0 Å². The summed E-state index contributed by atoms with van der Waals surface area (Å²) in [6.07, 6.45) is 2.09. The molecule has 0 amide bonds. The van der Waals surface area contributed by atoms with Gasteiger partial charge in [-0.3, -0.25) is 0 Å². The van der Waals surface area contributed by atoms with Crippen molar-refractivity contribution in [3.8, 4) is 0 Å². The molecule has 0 aromatic carbocycles. The maximum Gasteiger partial charge on any atom is 0.0674 e. The lowest BCUT2D eigenvalue weighted by molar-refractivity contribution is 0.0867. The summed E-state index contributed by atoms with van der Waals surface area (Å²) in [6, 6.07) is 0. The van der Waals surface area contributed by atoms with E-state index >= 15 is 0 Å². The van der Waals surface area contributed by atoms with Crippen molar-refractivity contribution in [2.24, 2.45) is 5.41 Å². The van der Waals surface area contributed by atoms with Gasteiger partial charge in [0.25, 0.3) is 0 Å². The fourth-order valence-corrected chi connectivity index (χ4v) is 0.602. The van der Waals surface area contributed by atoms with Crippen molar-refractivity contribution in [3.05, 3.63) is 11.6 Å². The van der Waals surface area contributed by atoms with Crippen LogP contribution in [0.3, 0.4) is 0 Å². The Hall–Kier alpha value is -0.300. The molecular weight excluding hydrogens is 136 g/mol. The van der Waals surface area contributed by atoms with Crippen molar-refractivity contribution in [2.75, 3.05) is 13.2 Å². The maximum absolute atomic E-state index is 5.48. The van der Waals surface area contributed by atoms with Crippen LogP contribution in [0.5, 0.6) is 0 Å². The third-order valence-electron chi connectivity index (χ3n) is 1.36. The number of ether oxygens (including phenoxy) is 1. The summed E-state index contributed by atoms with van der Waals surface area (Å²) in [5.74, 6) is 0. The van der Waals surface area contributed by atoms with Crippen molar-refractivity contribution < 1.29 is 4.74 Å². The lowest BCUT2D eigenvalue weighted by Crippen LogP contribution is -2.15. The third-order valence-corrected chi connectivity index (χ3v) is 1.36. The first kappa shape index (κ1) is 10.7. The quantitative estimate of drug-likeness (QED) is 0.571. The second kappa shape index (κ2) is 4.55. The van der Waals surface area contributed by atoms with E-state index in [0.717, 1.165) is 13.2 Å². The van der Waals surface area contributed by atoms with E-state index in [0.29, 0.717) is 0 Å². The lowest BCUT2D eigenvalue weighted by Gasteiger charge is -2.17. The van der Waals surface area contributed by atoms with Gasteiger partial charge in [-0.2, -0.15) is 0 Å². The Bertz CT molecular complexity index is 128. The summed E-state index contributed by atoms with van der Waals surface area (Å²) in [4.78, 5) is 0. The zero-order valence-electron chi connectivity index (χ0n) is 8.40. The summed E-state index contributed by atoms with van der Waals surface area (Å²) in [7, 11) is 0. The molecular formula is C10H20O. The van der Waals surface area contributed by atoms with Gasteiger partial charge in [0.05, 0.1) is 13.2 Å². The normalized spacial score (nSPS) is 13.7. The Labute approximate surface area is 70.4 Å². The first-order valence-corrected chi connectivity index (χ1v) is 4.15. The van der Waals surface area contributed by atoms with Gasteiger partial charge in [0, 0.05) is 0 Å². The van der Waals surface area contributed by atoms with Crippen molar-refractivity contribution in [1.29, 1.82) is 0 Å². The van der Waals surface area contributed by atoms with Gasteiger partial charge in [0.2, 0.25) is 0 Å². The molecule has 0 spiro atoms. The lowest BCUT2D eigenvalue weighted by atomic mass is 9.99. The first-order chi connectivity index (χ1) is 4.95. The zero-order valence-corrected chi connectivity index (χ0v) is 8.40. The van der Waals surface area contributed by atoms with Crippen molar-refractivity contribution in [3.63, 3.8) is 0 Å². The van der Waals surface area contributed by atoms with Gasteiger partial charge in [0.1, 0.15) is 0 Å². The maximum atomic E-state index is 5.48. The summed E-state index contributed by atoms with van der Waals surface area (Å²) in [5, 5.41) is 0. The highest BCUT2D eigenvalue weighted by Gasteiger charge is 2.09. The van der Waals surface area contributed by atoms with Gasteiger partial charge in [-0.05, 0) is 19.3 Å². The van der Waals surface area contributed by atoms with Gasteiger partial charge >= 0.3 is 0 Å². The van der Waals surface area contributed by atoms with Crippen molar-refractivity contribution in [2.45, 2.75) is 34.6 Å². The Morgan fingerprint density at radius 3 is 2.27 bits per heavy atom. The van der Waals surface area contributed by atoms with Crippen LogP contribution in [0.2, 0.25) is 0 Å². The van der Waals surface area contributed by atoms with Crippen molar-refractivity contribution >= 4 is 0 Å². The third kappa shape index (κ3) is 7.60. The van der Waals surface area contributed by atoms with E-state index in [9.17, 15) is 0 Å². The summed E-state index contributed by atoms with van der Waals surface area (Å²) < 4.78 is 5.48. The molecule has 0 radical (unpaired) electrons. The molecule has 0 heterocycles. The summed E-state index contributed by atoms with van der Waals surface area (Å²) in [6.45, 7) is 12.3. The van der Waals surface area contributed by atoms with Crippen LogP contribution in [-0.4, -0.2) is 13.2 Å². The van der Waals surface area contributed by atoms with Crippen LogP contribution in [0, 0.1) is 5.41 Å². The second-order valence-electron chi connectivity index (χ2n) is 4.19. The Kier molecular flexibility index (Phi) is 4.43. The number of hydrogen-bond donors (Lipinski definition) is 0. The molecule has 0 N–H and O–H groups in total. The van der Waals surface area contributed by atoms with Crippen LogP contribution >= 0.6 is 0 Å². The fourth-order valence-electron chi connectivity index (χ4n) is 0.602. The molecule has 0 aliphatic rings. The van der Waals surface area contributed by atoms with Crippen LogP contribution in [0.25, 0.3) is 0 Å². The number of rotatable bonds is 3. The summed E-state index contributed by atoms with van der Waals surface area (Å²) in [5.41, 5.74) is 1.59. The molecule has 0 saturated heterocycles. The molecule has 1 heteroatoms. The van der Waals surface area contributed by atoms with E-state index < -0.39 is 0 Å². The van der Waals surface area contributed by atoms with Gasteiger partial charge in [0.15, 0.2) is 0 Å². The molecule has 0 unspecified atom stereocenters. The molecule has 0 aromatic rings. The Morgan fingerprint density at radius 1 is 1.36 bits per heavy atom. The minimum Gasteiger partial charge on any atom is -0.377 e. The molecule has 0 aliphatic carbocycles. The molecule has 66 valence electrons. The second-order valence-corrected chi connectivity index (χ2v) is 4.19. The highest BCUT2D eigenvalue weighted by atomic mass is 16.5. The molecule has 0 aliphatic heterocycles. The fraction of sp³-hybridized carbons (Fsp3) is 0.800. The van der Waals surface area contributed by atoms with Crippen LogP contribution in [-0.2, 0) is 4.74 Å². The first-order valence-electron chi connectivity index (χ1n) is 4.15. The van der Waals surface area contributed by atoms with Crippen LogP contribution in [0.4, 0.5) is 0 Å². The van der Waals surface area contributed by atoms with E-state index in [-0.39, 0.29) is 5.41 Å². The van der Waals surface area contributed by atoms with Gasteiger partial charge in [-0.1, -0.05) is 32.4 Å². The minimum atomic E-state index is 0.286. The average Bonchev–Trinajstić information content (AvgIpc) is 1.85. The number of hydrogen-bond acceptors (Lipinski definition) is 1. The average molecular weight is 156 g/mol. The zero-order chi connectivity index (χ0) is 8.91. The van der Waals surface area contributed by atoms with E-state index in [1.165, 1.54) is 5.57 Å². The Balaban J connectivity index is 3.43. The van der Waals surface area contributed by atoms with Crippen LogP contribution in [0.1, 0.15) is 34.6 Å². The molecule has 11 heavy (non-hydrogen) atoms. The molecule has 0 rings (SSSR count). The largest absolute Gasteiger partial charge is 0.377 e. The Morgan fingerprint density at radius 2 is 1.91 bits per heavy atom. The standard InChI is InChI=1S/C10H20O/c1-6-9(2)7-11-8-10(3,4)5/h6H,7-8H2,1-5H3/b9-6+. The number of allylic oxidation sites excluding steroid dienone is 1. The van der Waals surface area contributed by atoms with Crippen LogP contribution in [0.15, 0.2) is 11.6 Å². The molecule has 1 nitrogen and oxygen atoms in total. The van der Waals surface area contributed by atoms with E-state index in [1.807, 2.05) is 6.92 Å². The topological polar surface area (TPSA) is 9.23 Å². The molecule has 0 atom stereocenters. The van der Waals surface area contributed by atoms with E-state index in [4.69, 9.17) is 4.74 Å². The molecule has 0 bridgehead atoms. The SMILES string of the molecule is C/C=C(\C)COCC(C)(C)C. The summed E-state index contributed by atoms with van der Waals surface area (Å²) >= 11 is 0. The minimum absolute atomic E-state index is 0.286. The van der Waals surface area contributed by atoms with Crippen LogP contribution < -0.4 is 0 Å². The smallest absolute Gasteiger partial charge is 0.0674 e. The van der Waals surface area contributed by atoms with E-state index in [2.05, 4.69) is 33.8 Å². The predicted molar refractivity (Wildman–Crippen MR) is 49.7 cm³/mol. The molecule has 0 fully saturated rings. The van der Waals surface area contributed by atoms with Gasteiger partial charge in [-0.15, -0.1) is 0 Å². The van der Waals surface area contributed by atoms with Gasteiger partial charge < -0.3 is 4.74 Å². The monoisotopic (exact) mass is 156 g/mol. The molecule has 0 saturated carbocycles.